The van der Waals surface area contributed by atoms with Crippen LogP contribution in [0.2, 0.25) is 0 Å². The standard InChI is InChI=1S/C18H24N6O2/c1-13-8-20-15(9-19-13)18(25)24-11-16-17(22(2)12-21-16)7-14(24)10-23-3-5-26-6-4-23/h8-9,12,14H,3-7,10-11H2,1-2H3/t14-/m1/s1. The van der Waals surface area contributed by atoms with Crippen LogP contribution in [-0.4, -0.2) is 74.1 Å². The Bertz CT molecular complexity index is 781. The normalized spacial score (nSPS) is 20.8. The summed E-state index contributed by atoms with van der Waals surface area (Å²) in [5.74, 6) is -0.0768. The van der Waals surface area contributed by atoms with Crippen molar-refractivity contribution in [1.29, 1.82) is 0 Å². The smallest absolute Gasteiger partial charge is 0.274 e. The van der Waals surface area contributed by atoms with Gasteiger partial charge < -0.3 is 14.2 Å². The molecule has 0 bridgehead atoms. The van der Waals surface area contributed by atoms with Crippen LogP contribution in [0.3, 0.4) is 0 Å². The highest BCUT2D eigenvalue weighted by atomic mass is 16.5. The molecule has 2 aromatic heterocycles. The minimum Gasteiger partial charge on any atom is -0.379 e. The number of hydrogen-bond acceptors (Lipinski definition) is 6. The third kappa shape index (κ3) is 3.34. The van der Waals surface area contributed by atoms with Crippen LogP contribution < -0.4 is 0 Å². The summed E-state index contributed by atoms with van der Waals surface area (Å²) < 4.78 is 7.52. The Morgan fingerprint density at radius 3 is 2.77 bits per heavy atom. The number of imidazole rings is 1. The van der Waals surface area contributed by atoms with Crippen LogP contribution in [0.25, 0.3) is 0 Å². The first-order valence-corrected chi connectivity index (χ1v) is 9.00. The van der Waals surface area contributed by atoms with Crippen molar-refractivity contribution < 1.29 is 9.53 Å². The van der Waals surface area contributed by atoms with Crippen LogP contribution in [0.5, 0.6) is 0 Å². The van der Waals surface area contributed by atoms with E-state index in [4.69, 9.17) is 4.74 Å². The lowest BCUT2D eigenvalue weighted by molar-refractivity contribution is 0.0187. The zero-order valence-corrected chi connectivity index (χ0v) is 15.3. The molecule has 1 saturated heterocycles. The molecular weight excluding hydrogens is 332 g/mol. The lowest BCUT2D eigenvalue weighted by Gasteiger charge is -2.39. The lowest BCUT2D eigenvalue weighted by atomic mass is 10.0. The fourth-order valence-corrected chi connectivity index (χ4v) is 3.65. The topological polar surface area (TPSA) is 76.4 Å². The van der Waals surface area contributed by atoms with E-state index in [2.05, 4.69) is 24.4 Å². The van der Waals surface area contributed by atoms with E-state index in [-0.39, 0.29) is 11.9 Å². The average Bonchev–Trinajstić information content (AvgIpc) is 3.02. The minimum atomic E-state index is -0.0768. The summed E-state index contributed by atoms with van der Waals surface area (Å²) in [6, 6.07) is 0.0894. The van der Waals surface area contributed by atoms with E-state index in [9.17, 15) is 4.79 Å². The number of ether oxygens (including phenoxy) is 1. The van der Waals surface area contributed by atoms with Crippen LogP contribution in [0.4, 0.5) is 0 Å². The second kappa shape index (κ2) is 7.13. The van der Waals surface area contributed by atoms with E-state index in [0.717, 1.165) is 50.7 Å². The molecule has 1 atom stereocenters. The number of amides is 1. The van der Waals surface area contributed by atoms with Gasteiger partial charge in [-0.05, 0) is 6.92 Å². The molecule has 138 valence electrons. The molecule has 2 aliphatic rings. The molecule has 1 amide bonds. The molecule has 4 heterocycles. The van der Waals surface area contributed by atoms with Gasteiger partial charge in [0, 0.05) is 45.0 Å². The van der Waals surface area contributed by atoms with Crippen LogP contribution >= 0.6 is 0 Å². The Hall–Kier alpha value is -2.32. The Morgan fingerprint density at radius 1 is 1.23 bits per heavy atom. The maximum atomic E-state index is 13.1. The number of aromatic nitrogens is 4. The van der Waals surface area contributed by atoms with E-state index in [1.54, 1.807) is 12.4 Å². The van der Waals surface area contributed by atoms with Crippen molar-refractivity contribution in [3.63, 3.8) is 0 Å². The van der Waals surface area contributed by atoms with Crippen molar-refractivity contribution in [1.82, 2.24) is 29.3 Å². The third-order valence-electron chi connectivity index (χ3n) is 5.17. The Morgan fingerprint density at radius 2 is 2.04 bits per heavy atom. The highest BCUT2D eigenvalue weighted by molar-refractivity contribution is 5.92. The van der Waals surface area contributed by atoms with Gasteiger partial charge in [-0.1, -0.05) is 0 Å². The highest BCUT2D eigenvalue weighted by Crippen LogP contribution is 2.24. The molecule has 4 rings (SSSR count). The van der Waals surface area contributed by atoms with Crippen LogP contribution in [0, 0.1) is 6.92 Å². The van der Waals surface area contributed by atoms with Gasteiger partial charge in [-0.2, -0.15) is 0 Å². The van der Waals surface area contributed by atoms with Crippen molar-refractivity contribution in [2.75, 3.05) is 32.8 Å². The van der Waals surface area contributed by atoms with Gasteiger partial charge in [-0.15, -0.1) is 0 Å². The van der Waals surface area contributed by atoms with Crippen molar-refractivity contribution in [3.8, 4) is 0 Å². The third-order valence-corrected chi connectivity index (χ3v) is 5.17. The van der Waals surface area contributed by atoms with E-state index in [1.807, 2.05) is 25.2 Å². The summed E-state index contributed by atoms with van der Waals surface area (Å²) >= 11 is 0. The van der Waals surface area contributed by atoms with Gasteiger partial charge in [-0.3, -0.25) is 14.7 Å². The number of carbonyl (C=O) groups excluding carboxylic acids is 1. The predicted molar refractivity (Wildman–Crippen MR) is 94.6 cm³/mol. The SMILES string of the molecule is Cc1cnc(C(=O)N2Cc3ncn(C)c3C[C@@H]2CN2CCOCC2)cn1. The molecule has 0 unspecified atom stereocenters. The maximum Gasteiger partial charge on any atom is 0.274 e. The molecule has 2 aliphatic heterocycles. The van der Waals surface area contributed by atoms with E-state index < -0.39 is 0 Å². The molecule has 0 aliphatic carbocycles. The van der Waals surface area contributed by atoms with E-state index in [1.165, 1.54) is 5.69 Å². The van der Waals surface area contributed by atoms with Gasteiger partial charge in [0.15, 0.2) is 0 Å². The minimum absolute atomic E-state index is 0.0768. The van der Waals surface area contributed by atoms with Crippen molar-refractivity contribution >= 4 is 5.91 Å². The number of nitrogens with zero attached hydrogens (tertiary/aromatic N) is 6. The monoisotopic (exact) mass is 356 g/mol. The Labute approximate surface area is 152 Å². The number of fused-ring (bicyclic) bond motifs is 1. The van der Waals surface area contributed by atoms with E-state index in [0.29, 0.717) is 12.2 Å². The zero-order valence-electron chi connectivity index (χ0n) is 15.3. The van der Waals surface area contributed by atoms with Gasteiger partial charge in [0.25, 0.3) is 5.91 Å². The van der Waals surface area contributed by atoms with Crippen LogP contribution in [-0.2, 0) is 24.8 Å². The molecule has 0 saturated carbocycles. The van der Waals surface area contributed by atoms with Gasteiger partial charge in [0.1, 0.15) is 5.69 Å². The highest BCUT2D eigenvalue weighted by Gasteiger charge is 2.34. The second-order valence-corrected chi connectivity index (χ2v) is 7.00. The van der Waals surface area contributed by atoms with Gasteiger partial charge >= 0.3 is 0 Å². The Kier molecular flexibility index (Phi) is 4.69. The first-order valence-electron chi connectivity index (χ1n) is 9.00. The summed E-state index contributed by atoms with van der Waals surface area (Å²) in [7, 11) is 2.01. The first-order chi connectivity index (χ1) is 12.6. The number of hydrogen-bond donors (Lipinski definition) is 0. The fraction of sp³-hybridized carbons (Fsp3) is 0.556. The van der Waals surface area contributed by atoms with Crippen LogP contribution in [0.15, 0.2) is 18.7 Å². The summed E-state index contributed by atoms with van der Waals surface area (Å²) in [6.45, 7) is 6.52. The van der Waals surface area contributed by atoms with Crippen molar-refractivity contribution in [2.45, 2.75) is 25.9 Å². The van der Waals surface area contributed by atoms with E-state index >= 15 is 0 Å². The molecule has 2 aromatic rings. The molecule has 26 heavy (non-hydrogen) atoms. The molecule has 0 radical (unpaired) electrons. The summed E-state index contributed by atoms with van der Waals surface area (Å²) in [5.41, 5.74) is 3.38. The Balaban J connectivity index is 1.60. The summed E-state index contributed by atoms with van der Waals surface area (Å²) in [4.78, 5) is 30.4. The molecule has 8 nitrogen and oxygen atoms in total. The average molecular weight is 356 g/mol. The maximum absolute atomic E-state index is 13.1. The fourth-order valence-electron chi connectivity index (χ4n) is 3.65. The lowest BCUT2D eigenvalue weighted by Crippen LogP contribution is -2.52. The predicted octanol–water partition coefficient (Wildman–Crippen LogP) is 0.418. The summed E-state index contributed by atoms with van der Waals surface area (Å²) in [6.07, 6.45) is 5.84. The first kappa shape index (κ1) is 17.1. The van der Waals surface area contributed by atoms with Gasteiger partial charge in [0.2, 0.25) is 0 Å². The molecule has 0 aromatic carbocycles. The second-order valence-electron chi connectivity index (χ2n) is 7.00. The van der Waals surface area contributed by atoms with Crippen molar-refractivity contribution in [3.05, 3.63) is 41.5 Å². The molecule has 0 N–H and O–H groups in total. The van der Waals surface area contributed by atoms with Crippen LogP contribution in [0.1, 0.15) is 27.6 Å². The molecule has 0 spiro atoms. The molecular formula is C18H24N6O2. The molecule has 8 heteroatoms. The van der Waals surface area contributed by atoms with Gasteiger partial charge in [0.05, 0.1) is 49.7 Å². The summed E-state index contributed by atoms with van der Waals surface area (Å²) in [5, 5.41) is 0. The number of rotatable bonds is 3. The number of carbonyl (C=O) groups is 1. The van der Waals surface area contributed by atoms with Crippen molar-refractivity contribution in [2.24, 2.45) is 7.05 Å². The quantitative estimate of drug-likeness (QED) is 0.793. The zero-order chi connectivity index (χ0) is 18.1. The largest absolute Gasteiger partial charge is 0.379 e. The number of morpholine rings is 1. The number of aryl methyl sites for hydroxylation is 2. The van der Waals surface area contributed by atoms with Gasteiger partial charge in [-0.25, -0.2) is 9.97 Å². The molecule has 1 fully saturated rings.